The fraction of sp³-hybridized carbons (Fsp3) is 0.318. The van der Waals surface area contributed by atoms with Crippen LogP contribution in [0, 0.1) is 0 Å². The van der Waals surface area contributed by atoms with Gasteiger partial charge in [-0.05, 0) is 29.8 Å². The summed E-state index contributed by atoms with van der Waals surface area (Å²) >= 11 is 1.07. The molecule has 9 heteroatoms. The van der Waals surface area contributed by atoms with E-state index in [0.717, 1.165) is 17.5 Å². The van der Waals surface area contributed by atoms with Crippen molar-refractivity contribution in [3.63, 3.8) is 0 Å². The molecule has 2 aromatic carbocycles. The Labute approximate surface area is 185 Å². The van der Waals surface area contributed by atoms with E-state index in [1.165, 1.54) is 0 Å². The maximum absolute atomic E-state index is 12.5. The van der Waals surface area contributed by atoms with Crippen molar-refractivity contribution in [3.05, 3.63) is 65.7 Å². The number of methoxy groups -OCH3 is 1. The normalized spacial score (nSPS) is 14.7. The Morgan fingerprint density at radius 3 is 2.48 bits per heavy atom. The van der Waals surface area contributed by atoms with Gasteiger partial charge in [0, 0.05) is 30.6 Å². The van der Waals surface area contributed by atoms with Gasteiger partial charge in [-0.2, -0.15) is 0 Å². The first-order valence-electron chi connectivity index (χ1n) is 9.84. The van der Waals surface area contributed by atoms with Crippen LogP contribution >= 0.6 is 11.9 Å². The quantitative estimate of drug-likeness (QED) is 0.305. The molecule has 31 heavy (non-hydrogen) atoms. The number of esters is 1. The zero-order valence-corrected chi connectivity index (χ0v) is 18.1. The van der Waals surface area contributed by atoms with Gasteiger partial charge in [0.05, 0.1) is 20.3 Å². The van der Waals surface area contributed by atoms with Crippen LogP contribution in [-0.2, 0) is 20.9 Å². The minimum absolute atomic E-state index is 0.173. The van der Waals surface area contributed by atoms with Gasteiger partial charge in [0.2, 0.25) is 0 Å². The number of nitrogens with one attached hydrogen (secondary N) is 1. The van der Waals surface area contributed by atoms with Crippen LogP contribution in [0.3, 0.4) is 0 Å². The summed E-state index contributed by atoms with van der Waals surface area (Å²) in [5, 5.41) is 2.51. The number of aliphatic imine (C=N–C) groups is 1. The average molecular weight is 444 g/mol. The third-order valence-electron chi connectivity index (χ3n) is 4.37. The van der Waals surface area contributed by atoms with E-state index in [-0.39, 0.29) is 18.4 Å². The van der Waals surface area contributed by atoms with Gasteiger partial charge in [0.1, 0.15) is 24.7 Å². The van der Waals surface area contributed by atoms with Crippen LogP contribution in [0.1, 0.15) is 11.1 Å². The molecule has 1 heterocycles. The molecular formula is C22H25N3O5S. The number of carbonyl (C=O) groups is 2. The number of amides is 1. The zero-order valence-electron chi connectivity index (χ0n) is 17.3. The van der Waals surface area contributed by atoms with Crippen LogP contribution in [0.5, 0.6) is 5.75 Å². The Balaban J connectivity index is 1.63. The van der Waals surface area contributed by atoms with Crippen LogP contribution in [0.15, 0.2) is 59.6 Å². The van der Waals surface area contributed by atoms with Gasteiger partial charge in [0.25, 0.3) is 5.24 Å². The molecule has 1 fully saturated rings. The van der Waals surface area contributed by atoms with Crippen LogP contribution in [0.25, 0.3) is 0 Å². The molecular weight excluding hydrogens is 418 g/mol. The number of amidine groups is 1. The van der Waals surface area contributed by atoms with Crippen molar-refractivity contribution in [2.45, 2.75) is 6.61 Å². The van der Waals surface area contributed by atoms with Crippen molar-refractivity contribution in [1.29, 1.82) is 0 Å². The first-order chi connectivity index (χ1) is 15.1. The lowest BCUT2D eigenvalue weighted by Crippen LogP contribution is -2.36. The molecule has 2 aromatic rings. The number of hydrogen-bond acceptors (Lipinski definition) is 8. The van der Waals surface area contributed by atoms with Crippen molar-refractivity contribution in [3.8, 4) is 5.75 Å². The van der Waals surface area contributed by atoms with Gasteiger partial charge in [-0.1, -0.05) is 30.3 Å². The topological polar surface area (TPSA) is 89.5 Å². The summed E-state index contributed by atoms with van der Waals surface area (Å²) in [6, 6.07) is 16.5. The van der Waals surface area contributed by atoms with Crippen LogP contribution in [0.4, 0.5) is 4.79 Å². The molecule has 0 atom stereocenters. The maximum atomic E-state index is 12.5. The molecule has 0 saturated carbocycles. The predicted molar refractivity (Wildman–Crippen MR) is 119 cm³/mol. The van der Waals surface area contributed by atoms with Crippen LogP contribution < -0.4 is 10.1 Å². The van der Waals surface area contributed by atoms with Crippen LogP contribution in [-0.4, -0.2) is 61.3 Å². The third-order valence-corrected chi connectivity index (χ3v) is 5.27. The first-order valence-corrected chi connectivity index (χ1v) is 10.6. The smallest absolute Gasteiger partial charge is 0.328 e. The molecule has 0 bridgehead atoms. The highest BCUT2D eigenvalue weighted by Gasteiger charge is 2.17. The molecule has 1 amide bonds. The lowest BCUT2D eigenvalue weighted by atomic mass is 10.2. The van der Waals surface area contributed by atoms with Gasteiger partial charge in [-0.3, -0.25) is 14.6 Å². The van der Waals surface area contributed by atoms with E-state index in [1.54, 1.807) is 31.4 Å². The van der Waals surface area contributed by atoms with Crippen molar-refractivity contribution >= 4 is 29.0 Å². The number of morpholine rings is 1. The van der Waals surface area contributed by atoms with Gasteiger partial charge >= 0.3 is 5.97 Å². The molecule has 1 aliphatic rings. The lowest BCUT2D eigenvalue weighted by molar-refractivity contribution is -0.143. The molecule has 1 aliphatic heterocycles. The second-order valence-corrected chi connectivity index (χ2v) is 7.65. The second kappa shape index (κ2) is 12.1. The van der Waals surface area contributed by atoms with Crippen molar-refractivity contribution in [2.24, 2.45) is 4.99 Å². The number of hydrogen-bond donors (Lipinski definition) is 1. The highest BCUT2D eigenvalue weighted by molar-refractivity contribution is 8.11. The zero-order chi connectivity index (χ0) is 21.9. The second-order valence-electron chi connectivity index (χ2n) is 6.58. The summed E-state index contributed by atoms with van der Waals surface area (Å²) in [4.78, 5) is 29.0. The number of carbonyl (C=O) groups excluding carboxylic acids is 2. The summed E-state index contributed by atoms with van der Waals surface area (Å²) in [5.41, 5.74) is 1.55. The Morgan fingerprint density at radius 2 is 1.81 bits per heavy atom. The minimum atomic E-state index is -0.482. The lowest BCUT2D eigenvalue weighted by Gasteiger charge is -2.24. The predicted octanol–water partition coefficient (Wildman–Crippen LogP) is 2.88. The van der Waals surface area contributed by atoms with E-state index in [9.17, 15) is 9.59 Å². The van der Waals surface area contributed by atoms with Crippen molar-refractivity contribution in [2.75, 3.05) is 40.0 Å². The first kappa shape index (κ1) is 22.8. The number of rotatable bonds is 7. The molecule has 1 saturated heterocycles. The molecule has 0 radical (unpaired) electrons. The summed E-state index contributed by atoms with van der Waals surface area (Å²) < 4.78 is 17.7. The molecule has 0 aromatic heterocycles. The van der Waals surface area contributed by atoms with E-state index in [0.29, 0.717) is 43.5 Å². The van der Waals surface area contributed by atoms with E-state index in [1.807, 2.05) is 34.6 Å². The van der Waals surface area contributed by atoms with Gasteiger partial charge < -0.3 is 19.5 Å². The molecule has 0 spiro atoms. The molecule has 3 rings (SSSR count). The SMILES string of the molecule is COc1ccc(C(=NCC(=O)OCc2ccccc2)NC(=O)SN2CCOCC2)cc1. The summed E-state index contributed by atoms with van der Waals surface area (Å²) in [6.07, 6.45) is 0. The minimum Gasteiger partial charge on any atom is -0.497 e. The fourth-order valence-corrected chi connectivity index (χ4v) is 3.46. The van der Waals surface area contributed by atoms with Crippen molar-refractivity contribution < 1.29 is 23.8 Å². The Kier molecular flexibility index (Phi) is 8.89. The maximum Gasteiger partial charge on any atom is 0.328 e. The van der Waals surface area contributed by atoms with Gasteiger partial charge in [-0.15, -0.1) is 0 Å². The Morgan fingerprint density at radius 1 is 1.10 bits per heavy atom. The highest BCUT2D eigenvalue weighted by Crippen LogP contribution is 2.15. The fourth-order valence-electron chi connectivity index (χ4n) is 2.75. The summed E-state index contributed by atoms with van der Waals surface area (Å²) in [7, 11) is 1.58. The molecule has 1 N–H and O–H groups in total. The van der Waals surface area contributed by atoms with E-state index in [2.05, 4.69) is 10.3 Å². The molecule has 8 nitrogen and oxygen atoms in total. The standard InChI is InChI=1S/C22H25N3O5S/c1-28-19-9-7-18(8-10-19)21(24-22(27)31-25-11-13-29-14-12-25)23-15-20(26)30-16-17-5-3-2-4-6-17/h2-10H,11-16H2,1H3,(H,23,24,27). The number of ether oxygens (including phenoxy) is 3. The van der Waals surface area contributed by atoms with Gasteiger partial charge in [0.15, 0.2) is 0 Å². The van der Waals surface area contributed by atoms with Crippen molar-refractivity contribution in [1.82, 2.24) is 9.62 Å². The Bertz CT molecular complexity index is 884. The number of nitrogens with zero attached hydrogens (tertiary/aromatic N) is 2. The summed E-state index contributed by atoms with van der Waals surface area (Å²) in [5.74, 6) is 0.495. The third kappa shape index (κ3) is 7.71. The highest BCUT2D eigenvalue weighted by atomic mass is 32.2. The molecule has 0 aliphatic carbocycles. The monoisotopic (exact) mass is 443 g/mol. The van der Waals surface area contributed by atoms with Crippen LogP contribution in [0.2, 0.25) is 0 Å². The van der Waals surface area contributed by atoms with Gasteiger partial charge in [-0.25, -0.2) is 4.31 Å². The summed E-state index contributed by atoms with van der Waals surface area (Å²) in [6.45, 7) is 2.47. The van der Waals surface area contributed by atoms with E-state index < -0.39 is 5.97 Å². The Hall–Kier alpha value is -2.88. The van der Waals surface area contributed by atoms with E-state index in [4.69, 9.17) is 14.2 Å². The van der Waals surface area contributed by atoms with E-state index >= 15 is 0 Å². The largest absolute Gasteiger partial charge is 0.497 e. The number of benzene rings is 2. The molecule has 0 unspecified atom stereocenters. The average Bonchev–Trinajstić information content (AvgIpc) is 2.82. The molecule has 164 valence electrons.